The van der Waals surface area contributed by atoms with Gasteiger partial charge in [0.25, 0.3) is 0 Å². The number of rotatable bonds is 6. The van der Waals surface area contributed by atoms with Crippen LogP contribution in [0.5, 0.6) is 0 Å². The standard InChI is InChI=1S/C11H21N3O/c1-4-5-11(2,15)9-12-8-10-13-6-7-14(10)3/h6-7,12,15H,4-5,8-9H2,1-3H3. The highest BCUT2D eigenvalue weighted by Gasteiger charge is 2.18. The molecule has 0 aliphatic carbocycles. The van der Waals surface area contributed by atoms with Crippen molar-refractivity contribution in [3.63, 3.8) is 0 Å². The molecule has 1 atom stereocenters. The summed E-state index contributed by atoms with van der Waals surface area (Å²) >= 11 is 0. The lowest BCUT2D eigenvalue weighted by Crippen LogP contribution is -2.37. The van der Waals surface area contributed by atoms with Gasteiger partial charge in [-0.2, -0.15) is 0 Å². The Hall–Kier alpha value is -0.870. The predicted molar refractivity (Wildman–Crippen MR) is 60.4 cm³/mol. The summed E-state index contributed by atoms with van der Waals surface area (Å²) in [4.78, 5) is 4.20. The first-order valence-corrected chi connectivity index (χ1v) is 5.44. The summed E-state index contributed by atoms with van der Waals surface area (Å²) in [5.74, 6) is 0.988. The molecule has 0 aliphatic heterocycles. The Morgan fingerprint density at radius 3 is 2.87 bits per heavy atom. The van der Waals surface area contributed by atoms with Crippen molar-refractivity contribution >= 4 is 0 Å². The molecule has 0 amide bonds. The number of aromatic nitrogens is 2. The third kappa shape index (κ3) is 4.01. The maximum atomic E-state index is 9.92. The quantitative estimate of drug-likeness (QED) is 0.740. The molecule has 1 unspecified atom stereocenters. The van der Waals surface area contributed by atoms with Gasteiger partial charge in [-0.25, -0.2) is 4.98 Å². The zero-order chi connectivity index (χ0) is 11.3. The largest absolute Gasteiger partial charge is 0.389 e. The molecule has 4 heteroatoms. The molecule has 0 aromatic carbocycles. The fraction of sp³-hybridized carbons (Fsp3) is 0.727. The van der Waals surface area contributed by atoms with E-state index in [1.165, 1.54) is 0 Å². The van der Waals surface area contributed by atoms with Gasteiger partial charge in [0, 0.05) is 26.0 Å². The van der Waals surface area contributed by atoms with E-state index in [0.29, 0.717) is 13.1 Å². The summed E-state index contributed by atoms with van der Waals surface area (Å²) in [5.41, 5.74) is -0.611. The average Bonchev–Trinajstić information content (AvgIpc) is 2.51. The SMILES string of the molecule is CCCC(C)(O)CNCc1nccn1C. The second kappa shape index (κ2) is 5.28. The lowest BCUT2D eigenvalue weighted by molar-refractivity contribution is 0.0496. The molecule has 1 aromatic heterocycles. The number of hydrogen-bond acceptors (Lipinski definition) is 3. The molecule has 1 aromatic rings. The zero-order valence-corrected chi connectivity index (χ0v) is 9.82. The van der Waals surface area contributed by atoms with Crippen molar-refractivity contribution in [2.45, 2.75) is 38.8 Å². The number of aryl methyl sites for hydroxylation is 1. The van der Waals surface area contributed by atoms with Crippen LogP contribution in [0.2, 0.25) is 0 Å². The van der Waals surface area contributed by atoms with E-state index in [-0.39, 0.29) is 0 Å². The molecule has 0 fully saturated rings. The minimum absolute atomic E-state index is 0.605. The van der Waals surface area contributed by atoms with Gasteiger partial charge in [0.2, 0.25) is 0 Å². The highest BCUT2D eigenvalue weighted by molar-refractivity contribution is 4.90. The highest BCUT2D eigenvalue weighted by Crippen LogP contribution is 2.10. The summed E-state index contributed by atoms with van der Waals surface area (Å²) in [6.45, 7) is 5.24. The van der Waals surface area contributed by atoms with Crippen molar-refractivity contribution in [1.82, 2.24) is 14.9 Å². The first kappa shape index (κ1) is 12.2. The van der Waals surface area contributed by atoms with E-state index in [1.54, 1.807) is 6.20 Å². The maximum Gasteiger partial charge on any atom is 0.122 e. The Kier molecular flexibility index (Phi) is 4.29. The number of nitrogens with one attached hydrogen (secondary N) is 1. The molecule has 86 valence electrons. The smallest absolute Gasteiger partial charge is 0.122 e. The second-order valence-corrected chi connectivity index (χ2v) is 4.30. The van der Waals surface area contributed by atoms with E-state index in [1.807, 2.05) is 24.7 Å². The van der Waals surface area contributed by atoms with Gasteiger partial charge >= 0.3 is 0 Å². The second-order valence-electron chi connectivity index (χ2n) is 4.30. The molecule has 4 nitrogen and oxygen atoms in total. The summed E-state index contributed by atoms with van der Waals surface area (Å²) in [6, 6.07) is 0. The van der Waals surface area contributed by atoms with Gasteiger partial charge in [0.05, 0.1) is 12.1 Å². The molecule has 0 aliphatic rings. The Morgan fingerprint density at radius 1 is 1.60 bits per heavy atom. The van der Waals surface area contributed by atoms with Gasteiger partial charge in [-0.3, -0.25) is 0 Å². The first-order valence-electron chi connectivity index (χ1n) is 5.44. The summed E-state index contributed by atoms with van der Waals surface area (Å²) < 4.78 is 1.97. The monoisotopic (exact) mass is 211 g/mol. The van der Waals surface area contributed by atoms with Crippen molar-refractivity contribution in [3.05, 3.63) is 18.2 Å². The van der Waals surface area contributed by atoms with E-state index in [9.17, 15) is 5.11 Å². The zero-order valence-electron chi connectivity index (χ0n) is 9.82. The van der Waals surface area contributed by atoms with Crippen molar-refractivity contribution in [2.24, 2.45) is 7.05 Å². The van der Waals surface area contributed by atoms with Crippen LogP contribution in [0.3, 0.4) is 0 Å². The Labute approximate surface area is 91.3 Å². The molecule has 0 bridgehead atoms. The van der Waals surface area contributed by atoms with Crippen molar-refractivity contribution in [2.75, 3.05) is 6.54 Å². The van der Waals surface area contributed by atoms with Crippen LogP contribution in [-0.2, 0) is 13.6 Å². The van der Waals surface area contributed by atoms with Crippen molar-refractivity contribution in [3.8, 4) is 0 Å². The van der Waals surface area contributed by atoms with Gasteiger partial charge in [-0.15, -0.1) is 0 Å². The van der Waals surface area contributed by atoms with Crippen LogP contribution in [0.4, 0.5) is 0 Å². The number of hydrogen-bond donors (Lipinski definition) is 2. The van der Waals surface area contributed by atoms with Crippen LogP contribution < -0.4 is 5.32 Å². The number of imidazole rings is 1. The lowest BCUT2D eigenvalue weighted by atomic mass is 10.0. The lowest BCUT2D eigenvalue weighted by Gasteiger charge is -2.22. The fourth-order valence-electron chi connectivity index (χ4n) is 1.64. The van der Waals surface area contributed by atoms with Gasteiger partial charge in [-0.05, 0) is 13.3 Å². The van der Waals surface area contributed by atoms with Gasteiger partial charge in [-0.1, -0.05) is 13.3 Å². The van der Waals surface area contributed by atoms with Crippen LogP contribution in [0.25, 0.3) is 0 Å². The van der Waals surface area contributed by atoms with Crippen LogP contribution >= 0.6 is 0 Å². The normalized spacial score (nSPS) is 15.2. The molecule has 0 spiro atoms. The van der Waals surface area contributed by atoms with Crippen LogP contribution in [-0.4, -0.2) is 26.8 Å². The molecule has 0 saturated carbocycles. The molecule has 2 N–H and O–H groups in total. The molecule has 1 rings (SSSR count). The van der Waals surface area contributed by atoms with E-state index in [2.05, 4.69) is 17.2 Å². The first-order chi connectivity index (χ1) is 7.05. The molecular formula is C11H21N3O. The minimum Gasteiger partial charge on any atom is -0.389 e. The van der Waals surface area contributed by atoms with Crippen molar-refractivity contribution < 1.29 is 5.11 Å². The third-order valence-corrected chi connectivity index (χ3v) is 2.50. The number of aliphatic hydroxyl groups is 1. The Morgan fingerprint density at radius 2 is 2.33 bits per heavy atom. The Balaban J connectivity index is 2.30. The van der Waals surface area contributed by atoms with E-state index in [0.717, 1.165) is 18.7 Å². The van der Waals surface area contributed by atoms with E-state index >= 15 is 0 Å². The highest BCUT2D eigenvalue weighted by atomic mass is 16.3. The van der Waals surface area contributed by atoms with Gasteiger partial charge in [0.15, 0.2) is 0 Å². The molecule has 15 heavy (non-hydrogen) atoms. The van der Waals surface area contributed by atoms with E-state index < -0.39 is 5.60 Å². The molecule has 0 saturated heterocycles. The Bertz CT molecular complexity index is 294. The summed E-state index contributed by atoms with van der Waals surface area (Å²) in [5, 5.41) is 13.1. The van der Waals surface area contributed by atoms with E-state index in [4.69, 9.17) is 0 Å². The van der Waals surface area contributed by atoms with Crippen molar-refractivity contribution in [1.29, 1.82) is 0 Å². The maximum absolute atomic E-state index is 9.92. The molecule has 0 radical (unpaired) electrons. The molecule has 1 heterocycles. The van der Waals surface area contributed by atoms with Crippen LogP contribution in [0, 0.1) is 0 Å². The van der Waals surface area contributed by atoms with Crippen LogP contribution in [0.15, 0.2) is 12.4 Å². The predicted octanol–water partition coefficient (Wildman–Crippen LogP) is 1.06. The van der Waals surface area contributed by atoms with Gasteiger partial charge in [0.1, 0.15) is 5.82 Å². The fourth-order valence-corrected chi connectivity index (χ4v) is 1.64. The average molecular weight is 211 g/mol. The molecular weight excluding hydrogens is 190 g/mol. The number of nitrogens with zero attached hydrogens (tertiary/aromatic N) is 2. The summed E-state index contributed by atoms with van der Waals surface area (Å²) in [6.07, 6.45) is 5.51. The van der Waals surface area contributed by atoms with Crippen LogP contribution in [0.1, 0.15) is 32.5 Å². The van der Waals surface area contributed by atoms with Gasteiger partial charge < -0.3 is 15.0 Å². The summed E-state index contributed by atoms with van der Waals surface area (Å²) in [7, 11) is 1.97. The minimum atomic E-state index is -0.611. The topological polar surface area (TPSA) is 50.1 Å². The third-order valence-electron chi connectivity index (χ3n) is 2.50.